The summed E-state index contributed by atoms with van der Waals surface area (Å²) in [5.74, 6) is -1.67. The van der Waals surface area contributed by atoms with E-state index in [0.717, 1.165) is 0 Å². The highest BCUT2D eigenvalue weighted by Crippen LogP contribution is 2.01. The summed E-state index contributed by atoms with van der Waals surface area (Å²) >= 11 is 0. The lowest BCUT2D eigenvalue weighted by Gasteiger charge is -2.17. The summed E-state index contributed by atoms with van der Waals surface area (Å²) in [5.41, 5.74) is 6.44. The normalized spacial score (nSPS) is 11.8. The maximum atomic E-state index is 13.0. The van der Waals surface area contributed by atoms with Crippen molar-refractivity contribution < 1.29 is 23.3 Å². The summed E-state index contributed by atoms with van der Waals surface area (Å²) < 4.78 is 31.4. The number of aliphatic hydroxyl groups is 1. The van der Waals surface area contributed by atoms with Gasteiger partial charge in [0.2, 0.25) is 0 Å². The average Bonchev–Trinajstić information content (AvgIpc) is 2.53. The van der Waals surface area contributed by atoms with Gasteiger partial charge in [0.25, 0.3) is 0 Å². The second kappa shape index (κ2) is 7.15. The molecule has 0 aliphatic rings. The zero-order valence-corrected chi connectivity index (χ0v) is 11.6. The van der Waals surface area contributed by atoms with E-state index in [4.69, 9.17) is 15.5 Å². The summed E-state index contributed by atoms with van der Waals surface area (Å²) in [4.78, 5) is 11.8. The number of aliphatic hydroxyl groups excluding tert-OH is 1. The maximum absolute atomic E-state index is 13.0. The number of halogens is 2. The highest BCUT2D eigenvalue weighted by Gasteiger charge is 2.28. The van der Waals surface area contributed by atoms with Crippen molar-refractivity contribution in [3.63, 3.8) is 0 Å². The SMILES string of the molecule is N[C@@H](CO)C(=O)OB(c1ccc(F)cc1)c1ccc(F)cc1. The van der Waals surface area contributed by atoms with Crippen LogP contribution in [0.3, 0.4) is 0 Å². The first-order chi connectivity index (χ1) is 10.5. The second-order valence-corrected chi connectivity index (χ2v) is 4.71. The van der Waals surface area contributed by atoms with E-state index in [0.29, 0.717) is 10.9 Å². The Bertz CT molecular complexity index is 589. The Balaban J connectivity index is 2.33. The van der Waals surface area contributed by atoms with Crippen LogP contribution in [0.25, 0.3) is 0 Å². The van der Waals surface area contributed by atoms with Crippen molar-refractivity contribution in [1.29, 1.82) is 0 Å². The van der Waals surface area contributed by atoms with Crippen molar-refractivity contribution in [3.05, 3.63) is 60.2 Å². The van der Waals surface area contributed by atoms with Crippen LogP contribution in [0.2, 0.25) is 0 Å². The van der Waals surface area contributed by atoms with Crippen molar-refractivity contribution in [2.75, 3.05) is 6.61 Å². The van der Waals surface area contributed by atoms with E-state index in [1.165, 1.54) is 48.5 Å². The molecule has 0 aliphatic heterocycles. The second-order valence-electron chi connectivity index (χ2n) is 4.71. The molecule has 0 spiro atoms. The third-order valence-electron chi connectivity index (χ3n) is 3.08. The van der Waals surface area contributed by atoms with Crippen LogP contribution >= 0.6 is 0 Å². The largest absolute Gasteiger partial charge is 0.525 e. The molecular formula is C15H14BF2NO3. The number of carbonyl (C=O) groups excluding carboxylic acids is 1. The molecule has 0 amide bonds. The Morgan fingerprint density at radius 3 is 1.82 bits per heavy atom. The van der Waals surface area contributed by atoms with Gasteiger partial charge in [-0.3, -0.25) is 4.79 Å². The zero-order chi connectivity index (χ0) is 16.1. The average molecular weight is 305 g/mol. The van der Waals surface area contributed by atoms with Crippen LogP contribution in [0.1, 0.15) is 0 Å². The van der Waals surface area contributed by atoms with Crippen LogP contribution in [-0.4, -0.2) is 30.6 Å². The Labute approximate surface area is 126 Å². The predicted octanol–water partition coefficient (Wildman–Crippen LogP) is -0.0667. The first-order valence-corrected chi connectivity index (χ1v) is 6.59. The molecule has 0 fully saturated rings. The van der Waals surface area contributed by atoms with E-state index >= 15 is 0 Å². The van der Waals surface area contributed by atoms with Crippen LogP contribution in [-0.2, 0) is 9.45 Å². The third kappa shape index (κ3) is 3.90. The van der Waals surface area contributed by atoms with Gasteiger partial charge in [0.05, 0.1) is 6.61 Å². The lowest BCUT2D eigenvalue weighted by molar-refractivity contribution is -0.136. The van der Waals surface area contributed by atoms with Crippen LogP contribution in [0.15, 0.2) is 48.5 Å². The molecule has 1 atom stereocenters. The zero-order valence-electron chi connectivity index (χ0n) is 11.6. The van der Waals surface area contributed by atoms with Gasteiger partial charge in [-0.25, -0.2) is 8.78 Å². The van der Waals surface area contributed by atoms with E-state index in [-0.39, 0.29) is 0 Å². The molecular weight excluding hydrogens is 291 g/mol. The molecule has 0 radical (unpaired) electrons. The number of hydrogen-bond acceptors (Lipinski definition) is 4. The minimum absolute atomic E-state index is 0.431. The molecule has 4 nitrogen and oxygen atoms in total. The molecule has 2 aromatic rings. The monoisotopic (exact) mass is 305 g/mol. The molecule has 114 valence electrons. The van der Waals surface area contributed by atoms with Gasteiger partial charge in [-0.1, -0.05) is 24.3 Å². The summed E-state index contributed by atoms with van der Waals surface area (Å²) in [6.07, 6.45) is 0. The maximum Gasteiger partial charge on any atom is 0.429 e. The van der Waals surface area contributed by atoms with Gasteiger partial charge < -0.3 is 15.5 Å². The first kappa shape index (κ1) is 16.1. The Hall–Kier alpha value is -2.25. The molecule has 0 aromatic heterocycles. The van der Waals surface area contributed by atoms with Crippen molar-refractivity contribution in [3.8, 4) is 0 Å². The molecule has 0 aliphatic carbocycles. The number of hydrogen-bond donors (Lipinski definition) is 2. The topological polar surface area (TPSA) is 72.5 Å². The van der Waals surface area contributed by atoms with E-state index in [1.807, 2.05) is 0 Å². The van der Waals surface area contributed by atoms with Crippen LogP contribution in [0.5, 0.6) is 0 Å². The minimum Gasteiger partial charge on any atom is -0.525 e. The van der Waals surface area contributed by atoms with Gasteiger partial charge in [0, 0.05) is 0 Å². The summed E-state index contributed by atoms with van der Waals surface area (Å²) in [7, 11) is 0. The first-order valence-electron chi connectivity index (χ1n) is 6.59. The van der Waals surface area contributed by atoms with Gasteiger partial charge >= 0.3 is 12.9 Å². The van der Waals surface area contributed by atoms with E-state index in [2.05, 4.69) is 0 Å². The van der Waals surface area contributed by atoms with Crippen molar-refractivity contribution in [1.82, 2.24) is 0 Å². The summed E-state index contributed by atoms with van der Waals surface area (Å²) in [6, 6.07) is 9.57. The standard InChI is InChI=1S/C15H14BF2NO3/c17-12-5-1-10(2-6-12)16(22-15(21)14(19)9-20)11-3-7-13(18)8-4-11/h1-8,14,20H,9,19H2/t14-/m0/s1. The summed E-state index contributed by atoms with van der Waals surface area (Å²) in [6.45, 7) is -1.43. The lowest BCUT2D eigenvalue weighted by Crippen LogP contribution is -2.50. The molecule has 0 unspecified atom stereocenters. The molecule has 2 rings (SSSR count). The highest BCUT2D eigenvalue weighted by molar-refractivity contribution is 6.81. The smallest absolute Gasteiger partial charge is 0.429 e. The fraction of sp³-hybridized carbons (Fsp3) is 0.133. The van der Waals surface area contributed by atoms with Gasteiger partial charge in [0.15, 0.2) is 0 Å². The van der Waals surface area contributed by atoms with Crippen molar-refractivity contribution in [2.45, 2.75) is 6.04 Å². The molecule has 0 heterocycles. The van der Waals surface area contributed by atoms with Crippen LogP contribution in [0.4, 0.5) is 8.78 Å². The Kier molecular flexibility index (Phi) is 5.24. The molecule has 0 saturated heterocycles. The van der Waals surface area contributed by atoms with E-state index in [9.17, 15) is 13.6 Å². The predicted molar refractivity (Wildman–Crippen MR) is 79.0 cm³/mol. The molecule has 0 bridgehead atoms. The molecule has 7 heteroatoms. The fourth-order valence-corrected chi connectivity index (χ4v) is 1.88. The van der Waals surface area contributed by atoms with E-state index in [1.54, 1.807) is 0 Å². The third-order valence-corrected chi connectivity index (χ3v) is 3.08. The van der Waals surface area contributed by atoms with Crippen molar-refractivity contribution in [2.24, 2.45) is 5.73 Å². The molecule has 3 N–H and O–H groups in total. The van der Waals surface area contributed by atoms with Gasteiger partial charge in [0.1, 0.15) is 17.7 Å². The Morgan fingerprint density at radius 1 is 1.05 bits per heavy atom. The quantitative estimate of drug-likeness (QED) is 0.759. The molecule has 2 aromatic carbocycles. The molecule has 0 saturated carbocycles. The number of rotatable bonds is 5. The summed E-state index contributed by atoms with van der Waals surface area (Å²) in [5, 5.41) is 8.91. The van der Waals surface area contributed by atoms with Crippen LogP contribution < -0.4 is 16.7 Å². The van der Waals surface area contributed by atoms with Gasteiger partial charge in [-0.15, -0.1) is 0 Å². The van der Waals surface area contributed by atoms with E-state index < -0.39 is 37.2 Å². The number of carbonyl (C=O) groups is 1. The van der Waals surface area contributed by atoms with Crippen LogP contribution in [0, 0.1) is 11.6 Å². The fourth-order valence-electron chi connectivity index (χ4n) is 1.88. The van der Waals surface area contributed by atoms with Gasteiger partial charge in [-0.05, 0) is 35.2 Å². The van der Waals surface area contributed by atoms with Gasteiger partial charge in [-0.2, -0.15) is 0 Å². The number of benzene rings is 2. The minimum atomic E-state index is -1.18. The number of nitrogens with two attached hydrogens (primary N) is 1. The lowest BCUT2D eigenvalue weighted by atomic mass is 9.55. The molecule has 22 heavy (non-hydrogen) atoms. The van der Waals surface area contributed by atoms with Crippen molar-refractivity contribution >= 4 is 23.8 Å². The highest BCUT2D eigenvalue weighted by atomic mass is 19.1. The Morgan fingerprint density at radius 2 is 1.45 bits per heavy atom.